The summed E-state index contributed by atoms with van der Waals surface area (Å²) in [5.41, 5.74) is 1.05. The van der Waals surface area contributed by atoms with Gasteiger partial charge in [0.25, 0.3) is 0 Å². The average molecular weight is 331 g/mol. The molecule has 0 radical (unpaired) electrons. The summed E-state index contributed by atoms with van der Waals surface area (Å²) in [6.07, 6.45) is 4.77. The van der Waals surface area contributed by atoms with Crippen molar-refractivity contribution in [3.63, 3.8) is 0 Å². The summed E-state index contributed by atoms with van der Waals surface area (Å²) in [7, 11) is -3.34. The number of aryl methyl sites for hydroxylation is 1. The molecule has 2 N–H and O–H groups in total. The summed E-state index contributed by atoms with van der Waals surface area (Å²) in [6.45, 7) is 7.43. The topological polar surface area (TPSA) is 58.2 Å². The normalized spacial score (nSPS) is 16.4. The second-order valence-corrected chi connectivity index (χ2v) is 9.32. The lowest BCUT2D eigenvalue weighted by Crippen LogP contribution is -2.27. The molecule has 0 amide bonds. The van der Waals surface area contributed by atoms with Crippen molar-refractivity contribution in [3.05, 3.63) is 16.5 Å². The fourth-order valence-corrected chi connectivity index (χ4v) is 4.98. The molecule has 0 bridgehead atoms. The quantitative estimate of drug-likeness (QED) is 0.770. The lowest BCUT2D eigenvalue weighted by Gasteiger charge is -2.24. The van der Waals surface area contributed by atoms with Crippen LogP contribution in [0.25, 0.3) is 0 Å². The van der Waals surface area contributed by atoms with Gasteiger partial charge in [-0.15, -0.1) is 11.3 Å². The largest absolute Gasteiger partial charge is 0.310 e. The first-order valence-electron chi connectivity index (χ1n) is 7.71. The van der Waals surface area contributed by atoms with Crippen molar-refractivity contribution >= 4 is 21.4 Å². The third kappa shape index (κ3) is 4.77. The molecule has 0 spiro atoms. The van der Waals surface area contributed by atoms with E-state index in [1.807, 2.05) is 6.92 Å². The third-order valence-corrected chi connectivity index (χ3v) is 7.17. The van der Waals surface area contributed by atoms with Gasteiger partial charge in [0.1, 0.15) is 4.21 Å². The summed E-state index contributed by atoms with van der Waals surface area (Å²) in [4.78, 5) is 1.10. The molecule has 21 heavy (non-hydrogen) atoms. The Hall–Kier alpha value is -0.430. The minimum absolute atomic E-state index is 0.396. The van der Waals surface area contributed by atoms with E-state index in [1.165, 1.54) is 30.6 Å². The highest BCUT2D eigenvalue weighted by Gasteiger charge is 2.21. The molecule has 1 heterocycles. The molecule has 0 saturated heterocycles. The van der Waals surface area contributed by atoms with E-state index >= 15 is 0 Å². The highest BCUT2D eigenvalue weighted by atomic mass is 32.2. The first kappa shape index (κ1) is 16.9. The Morgan fingerprint density at radius 1 is 1.38 bits per heavy atom. The lowest BCUT2D eigenvalue weighted by atomic mass is 9.83. The van der Waals surface area contributed by atoms with Gasteiger partial charge in [-0.05, 0) is 30.9 Å². The number of hydrogen-bond donors (Lipinski definition) is 2. The van der Waals surface area contributed by atoms with E-state index in [-0.39, 0.29) is 0 Å². The summed E-state index contributed by atoms with van der Waals surface area (Å²) in [5, 5.41) is 3.34. The van der Waals surface area contributed by atoms with E-state index in [9.17, 15) is 8.42 Å². The van der Waals surface area contributed by atoms with Crippen LogP contribution >= 0.6 is 11.3 Å². The molecule has 1 aliphatic rings. The summed E-state index contributed by atoms with van der Waals surface area (Å²) >= 11 is 1.37. The monoisotopic (exact) mass is 330 g/mol. The predicted molar refractivity (Wildman–Crippen MR) is 88.2 cm³/mol. The predicted octanol–water partition coefficient (Wildman–Crippen LogP) is 3.02. The number of thiophene rings is 1. The lowest BCUT2D eigenvalue weighted by molar-refractivity contribution is 0.297. The van der Waals surface area contributed by atoms with Gasteiger partial charge >= 0.3 is 0 Å². The van der Waals surface area contributed by atoms with Crippen LogP contribution in [-0.4, -0.2) is 21.0 Å². The summed E-state index contributed by atoms with van der Waals surface area (Å²) in [5.74, 6) is 0.726. The Morgan fingerprint density at radius 2 is 2.10 bits per heavy atom. The number of sulfonamides is 1. The van der Waals surface area contributed by atoms with Gasteiger partial charge in [0.2, 0.25) is 10.0 Å². The van der Waals surface area contributed by atoms with Crippen molar-refractivity contribution in [1.82, 2.24) is 10.0 Å². The van der Waals surface area contributed by atoms with Crippen LogP contribution in [0.5, 0.6) is 0 Å². The fraction of sp³-hybridized carbons (Fsp3) is 0.733. The average Bonchev–Trinajstić information content (AvgIpc) is 2.72. The minimum Gasteiger partial charge on any atom is -0.310 e. The molecule has 120 valence electrons. The minimum atomic E-state index is -3.34. The molecule has 1 aliphatic carbocycles. The Labute approximate surface area is 132 Å². The van der Waals surface area contributed by atoms with Gasteiger partial charge in [-0.2, -0.15) is 0 Å². The SMILES string of the molecule is Cc1cc(S(=O)(=O)NCCC2CCC2)sc1CNC(C)C. The van der Waals surface area contributed by atoms with Crippen LogP contribution in [0.3, 0.4) is 0 Å². The third-order valence-electron chi connectivity index (χ3n) is 4.00. The maximum atomic E-state index is 12.3. The van der Waals surface area contributed by atoms with E-state index in [0.29, 0.717) is 16.8 Å². The first-order chi connectivity index (χ1) is 9.88. The number of hydrogen-bond acceptors (Lipinski definition) is 4. The number of rotatable bonds is 8. The smallest absolute Gasteiger partial charge is 0.250 e. The van der Waals surface area contributed by atoms with Crippen molar-refractivity contribution in [3.8, 4) is 0 Å². The van der Waals surface area contributed by atoms with Crippen LogP contribution in [0.1, 0.15) is 50.0 Å². The zero-order valence-corrected chi connectivity index (χ0v) is 14.7. The molecule has 0 aliphatic heterocycles. The first-order valence-corrected chi connectivity index (χ1v) is 10.0. The van der Waals surface area contributed by atoms with Crippen molar-refractivity contribution in [2.24, 2.45) is 5.92 Å². The zero-order valence-electron chi connectivity index (χ0n) is 13.1. The van der Waals surface area contributed by atoms with Gasteiger partial charge in [0.15, 0.2) is 0 Å². The van der Waals surface area contributed by atoms with E-state index in [1.54, 1.807) is 6.07 Å². The molecule has 0 unspecified atom stereocenters. The Kier molecular flexibility index (Phi) is 5.82. The molecular formula is C15H26N2O2S2. The van der Waals surface area contributed by atoms with Crippen molar-refractivity contribution < 1.29 is 8.42 Å². The van der Waals surface area contributed by atoms with Crippen LogP contribution in [-0.2, 0) is 16.6 Å². The Morgan fingerprint density at radius 3 is 2.67 bits per heavy atom. The fourth-order valence-electron chi connectivity index (χ4n) is 2.34. The molecular weight excluding hydrogens is 304 g/mol. The molecule has 0 aromatic carbocycles. The summed E-state index contributed by atoms with van der Waals surface area (Å²) < 4.78 is 27.8. The highest BCUT2D eigenvalue weighted by Crippen LogP contribution is 2.29. The van der Waals surface area contributed by atoms with Gasteiger partial charge < -0.3 is 5.32 Å². The zero-order chi connectivity index (χ0) is 15.5. The molecule has 2 rings (SSSR count). The number of nitrogens with one attached hydrogen (secondary N) is 2. The molecule has 1 aromatic rings. The van der Waals surface area contributed by atoms with Gasteiger partial charge in [0.05, 0.1) is 0 Å². The Bertz CT molecular complexity index is 560. The van der Waals surface area contributed by atoms with Crippen LogP contribution in [0.4, 0.5) is 0 Å². The van der Waals surface area contributed by atoms with E-state index < -0.39 is 10.0 Å². The van der Waals surface area contributed by atoms with E-state index in [0.717, 1.165) is 29.3 Å². The standard InChI is InChI=1S/C15H26N2O2S2/c1-11(2)16-10-14-12(3)9-15(20-14)21(18,19)17-8-7-13-5-4-6-13/h9,11,13,16-17H,4-8,10H2,1-3H3. The van der Waals surface area contributed by atoms with Crippen LogP contribution in [0.2, 0.25) is 0 Å². The van der Waals surface area contributed by atoms with Crippen molar-refractivity contribution in [2.45, 2.75) is 63.3 Å². The second-order valence-electron chi connectivity index (χ2n) is 6.19. The van der Waals surface area contributed by atoms with Crippen molar-refractivity contribution in [2.75, 3.05) is 6.54 Å². The van der Waals surface area contributed by atoms with Crippen LogP contribution < -0.4 is 10.0 Å². The maximum absolute atomic E-state index is 12.3. The Balaban J connectivity index is 1.93. The van der Waals surface area contributed by atoms with Gasteiger partial charge in [-0.25, -0.2) is 13.1 Å². The van der Waals surface area contributed by atoms with Gasteiger partial charge in [-0.3, -0.25) is 0 Å². The highest BCUT2D eigenvalue weighted by molar-refractivity contribution is 7.91. The van der Waals surface area contributed by atoms with Gasteiger partial charge in [-0.1, -0.05) is 33.1 Å². The van der Waals surface area contributed by atoms with E-state index in [2.05, 4.69) is 23.9 Å². The molecule has 0 atom stereocenters. The van der Waals surface area contributed by atoms with Crippen LogP contribution in [0, 0.1) is 12.8 Å². The molecule has 1 aromatic heterocycles. The van der Waals surface area contributed by atoms with Gasteiger partial charge in [0, 0.05) is 24.0 Å². The summed E-state index contributed by atoms with van der Waals surface area (Å²) in [6, 6.07) is 2.18. The maximum Gasteiger partial charge on any atom is 0.250 e. The molecule has 6 heteroatoms. The van der Waals surface area contributed by atoms with Crippen molar-refractivity contribution in [1.29, 1.82) is 0 Å². The second kappa shape index (κ2) is 7.22. The molecule has 4 nitrogen and oxygen atoms in total. The van der Waals surface area contributed by atoms with Crippen LogP contribution in [0.15, 0.2) is 10.3 Å². The molecule has 1 saturated carbocycles. The van der Waals surface area contributed by atoms with E-state index in [4.69, 9.17) is 0 Å². The molecule has 1 fully saturated rings.